The Labute approximate surface area is 113 Å². The summed E-state index contributed by atoms with van der Waals surface area (Å²) in [5, 5.41) is 5.19. The summed E-state index contributed by atoms with van der Waals surface area (Å²) in [6.45, 7) is 2.07. The maximum atomic E-state index is 12.1. The molecule has 1 saturated carbocycles. The SMILES string of the molecule is CC(Cc1cccs1)NC(=O)C1CCCC(N)C1. The summed E-state index contributed by atoms with van der Waals surface area (Å²) in [6, 6.07) is 4.58. The highest BCUT2D eigenvalue weighted by molar-refractivity contribution is 7.09. The zero-order valence-corrected chi connectivity index (χ0v) is 11.7. The van der Waals surface area contributed by atoms with Gasteiger partial charge < -0.3 is 11.1 Å². The summed E-state index contributed by atoms with van der Waals surface area (Å²) in [7, 11) is 0. The average Bonchev–Trinajstić information content (AvgIpc) is 2.81. The first kappa shape index (κ1) is 13.6. The molecule has 3 nitrogen and oxygen atoms in total. The first-order chi connectivity index (χ1) is 8.65. The van der Waals surface area contributed by atoms with Crippen LogP contribution in [0, 0.1) is 5.92 Å². The first-order valence-corrected chi connectivity index (χ1v) is 7.61. The molecule has 1 aromatic rings. The first-order valence-electron chi connectivity index (χ1n) is 6.73. The highest BCUT2D eigenvalue weighted by Gasteiger charge is 2.25. The molecule has 0 saturated heterocycles. The lowest BCUT2D eigenvalue weighted by Gasteiger charge is -2.27. The van der Waals surface area contributed by atoms with Gasteiger partial charge in [-0.15, -0.1) is 11.3 Å². The zero-order valence-electron chi connectivity index (χ0n) is 10.9. The van der Waals surface area contributed by atoms with E-state index in [0.29, 0.717) is 0 Å². The molecule has 3 atom stereocenters. The summed E-state index contributed by atoms with van der Waals surface area (Å²) in [5.41, 5.74) is 5.93. The normalized spacial score (nSPS) is 25.7. The van der Waals surface area contributed by atoms with E-state index in [1.807, 2.05) is 0 Å². The smallest absolute Gasteiger partial charge is 0.223 e. The van der Waals surface area contributed by atoms with Crippen LogP contribution in [0.4, 0.5) is 0 Å². The summed E-state index contributed by atoms with van der Waals surface area (Å²) in [4.78, 5) is 13.4. The third-order valence-corrected chi connectivity index (χ3v) is 4.46. The van der Waals surface area contributed by atoms with E-state index in [-0.39, 0.29) is 23.9 Å². The minimum Gasteiger partial charge on any atom is -0.353 e. The quantitative estimate of drug-likeness (QED) is 0.878. The third-order valence-electron chi connectivity index (χ3n) is 3.56. The van der Waals surface area contributed by atoms with Crippen molar-refractivity contribution in [1.29, 1.82) is 0 Å². The molecular formula is C14H22N2OS. The number of carbonyl (C=O) groups excluding carboxylic acids is 1. The van der Waals surface area contributed by atoms with Crippen LogP contribution in [0.15, 0.2) is 17.5 Å². The molecule has 0 aliphatic heterocycles. The largest absolute Gasteiger partial charge is 0.353 e. The van der Waals surface area contributed by atoms with Crippen molar-refractivity contribution in [2.45, 2.75) is 51.1 Å². The van der Waals surface area contributed by atoms with E-state index >= 15 is 0 Å². The topological polar surface area (TPSA) is 55.1 Å². The molecule has 1 aliphatic carbocycles. The van der Waals surface area contributed by atoms with Crippen LogP contribution >= 0.6 is 11.3 Å². The lowest BCUT2D eigenvalue weighted by molar-refractivity contribution is -0.126. The van der Waals surface area contributed by atoms with Crippen LogP contribution in [0.2, 0.25) is 0 Å². The van der Waals surface area contributed by atoms with Crippen molar-refractivity contribution in [3.05, 3.63) is 22.4 Å². The van der Waals surface area contributed by atoms with Gasteiger partial charge in [0, 0.05) is 29.3 Å². The number of nitrogens with two attached hydrogens (primary N) is 1. The fourth-order valence-electron chi connectivity index (χ4n) is 2.61. The van der Waals surface area contributed by atoms with Crippen LogP contribution in [0.25, 0.3) is 0 Å². The second-order valence-corrected chi connectivity index (χ2v) is 6.35. The predicted molar refractivity (Wildman–Crippen MR) is 75.6 cm³/mol. The van der Waals surface area contributed by atoms with E-state index in [0.717, 1.165) is 32.1 Å². The van der Waals surface area contributed by atoms with Crippen molar-refractivity contribution in [2.75, 3.05) is 0 Å². The van der Waals surface area contributed by atoms with Gasteiger partial charge in [-0.1, -0.05) is 12.5 Å². The van der Waals surface area contributed by atoms with E-state index in [4.69, 9.17) is 5.73 Å². The predicted octanol–water partition coefficient (Wildman–Crippen LogP) is 2.31. The summed E-state index contributed by atoms with van der Waals surface area (Å²) >= 11 is 1.74. The number of thiophene rings is 1. The Morgan fingerprint density at radius 1 is 1.61 bits per heavy atom. The Morgan fingerprint density at radius 3 is 3.11 bits per heavy atom. The van der Waals surface area contributed by atoms with Crippen molar-refractivity contribution in [3.8, 4) is 0 Å². The van der Waals surface area contributed by atoms with Gasteiger partial charge in [0.15, 0.2) is 0 Å². The van der Waals surface area contributed by atoms with Gasteiger partial charge in [-0.3, -0.25) is 4.79 Å². The Hall–Kier alpha value is -0.870. The molecule has 4 heteroatoms. The highest BCUT2D eigenvalue weighted by Crippen LogP contribution is 2.23. The van der Waals surface area contributed by atoms with Crippen molar-refractivity contribution in [2.24, 2.45) is 11.7 Å². The number of hydrogen-bond donors (Lipinski definition) is 2. The lowest BCUT2D eigenvalue weighted by Crippen LogP contribution is -2.42. The summed E-state index contributed by atoms with van der Waals surface area (Å²) < 4.78 is 0. The average molecular weight is 266 g/mol. The molecule has 100 valence electrons. The highest BCUT2D eigenvalue weighted by atomic mass is 32.1. The van der Waals surface area contributed by atoms with Gasteiger partial charge in [0.05, 0.1) is 0 Å². The molecule has 1 heterocycles. The van der Waals surface area contributed by atoms with Crippen molar-refractivity contribution >= 4 is 17.2 Å². The minimum atomic E-state index is 0.125. The number of carbonyl (C=O) groups is 1. The van der Waals surface area contributed by atoms with Gasteiger partial charge in [-0.05, 0) is 37.6 Å². The van der Waals surface area contributed by atoms with E-state index < -0.39 is 0 Å². The standard InChI is InChI=1S/C14H22N2OS/c1-10(8-13-6-3-7-18-13)16-14(17)11-4-2-5-12(15)9-11/h3,6-7,10-12H,2,4-5,8-9,15H2,1H3,(H,16,17). The van der Waals surface area contributed by atoms with Crippen LogP contribution in [-0.2, 0) is 11.2 Å². The van der Waals surface area contributed by atoms with Crippen LogP contribution in [0.5, 0.6) is 0 Å². The van der Waals surface area contributed by atoms with E-state index in [1.54, 1.807) is 11.3 Å². The number of nitrogens with one attached hydrogen (secondary N) is 1. The molecule has 1 aliphatic rings. The molecule has 3 N–H and O–H groups in total. The molecule has 1 aromatic heterocycles. The molecule has 0 spiro atoms. The van der Waals surface area contributed by atoms with Crippen molar-refractivity contribution in [3.63, 3.8) is 0 Å². The fourth-order valence-corrected chi connectivity index (χ4v) is 3.44. The minimum absolute atomic E-state index is 0.125. The van der Waals surface area contributed by atoms with Gasteiger partial charge in [-0.25, -0.2) is 0 Å². The molecule has 0 radical (unpaired) electrons. The maximum Gasteiger partial charge on any atom is 0.223 e. The van der Waals surface area contributed by atoms with Crippen LogP contribution < -0.4 is 11.1 Å². The summed E-state index contributed by atoms with van der Waals surface area (Å²) in [5.74, 6) is 0.314. The van der Waals surface area contributed by atoms with E-state index in [1.165, 1.54) is 4.88 Å². The van der Waals surface area contributed by atoms with Gasteiger partial charge >= 0.3 is 0 Å². The second-order valence-electron chi connectivity index (χ2n) is 5.32. The molecule has 1 amide bonds. The third kappa shape index (κ3) is 3.82. The molecule has 3 unspecified atom stereocenters. The van der Waals surface area contributed by atoms with Gasteiger partial charge in [0.1, 0.15) is 0 Å². The second kappa shape index (κ2) is 6.34. The number of amides is 1. The van der Waals surface area contributed by atoms with Crippen molar-refractivity contribution in [1.82, 2.24) is 5.32 Å². The molecule has 2 rings (SSSR count). The lowest BCUT2D eigenvalue weighted by atomic mass is 9.85. The molecule has 1 fully saturated rings. The summed E-state index contributed by atoms with van der Waals surface area (Å²) in [6.07, 6.45) is 4.90. The van der Waals surface area contributed by atoms with Crippen LogP contribution in [0.1, 0.15) is 37.5 Å². The van der Waals surface area contributed by atoms with E-state index in [2.05, 4.69) is 29.8 Å². The number of rotatable bonds is 4. The maximum absolute atomic E-state index is 12.1. The Morgan fingerprint density at radius 2 is 2.44 bits per heavy atom. The van der Waals surface area contributed by atoms with Gasteiger partial charge in [-0.2, -0.15) is 0 Å². The van der Waals surface area contributed by atoms with Crippen LogP contribution in [-0.4, -0.2) is 18.0 Å². The Balaban J connectivity index is 1.79. The van der Waals surface area contributed by atoms with Gasteiger partial charge in [0.25, 0.3) is 0 Å². The van der Waals surface area contributed by atoms with E-state index in [9.17, 15) is 4.79 Å². The van der Waals surface area contributed by atoms with Crippen molar-refractivity contribution < 1.29 is 4.79 Å². The van der Waals surface area contributed by atoms with Gasteiger partial charge in [0.2, 0.25) is 5.91 Å². The van der Waals surface area contributed by atoms with Crippen LogP contribution in [0.3, 0.4) is 0 Å². The molecule has 0 aromatic carbocycles. The molecule has 0 bridgehead atoms. The zero-order chi connectivity index (χ0) is 13.0. The molecular weight excluding hydrogens is 244 g/mol. The monoisotopic (exact) mass is 266 g/mol. The molecule has 18 heavy (non-hydrogen) atoms. The Kier molecular flexibility index (Phi) is 4.78. The Bertz CT molecular complexity index is 377. The fraction of sp³-hybridized carbons (Fsp3) is 0.643. The number of hydrogen-bond acceptors (Lipinski definition) is 3.